The average Bonchev–Trinajstić information content (AvgIpc) is 3.72. The van der Waals surface area contributed by atoms with E-state index in [0.717, 1.165) is 77.5 Å². The topological polar surface area (TPSA) is 63.0 Å². The molecule has 5 heteroatoms. The van der Waals surface area contributed by atoms with E-state index in [0.29, 0.717) is 5.84 Å². The second kappa shape index (κ2) is 10.5. The number of amidine groups is 2. The van der Waals surface area contributed by atoms with Crippen LogP contribution < -0.4 is 5.32 Å². The Hall–Kier alpha value is -6.46. The van der Waals surface area contributed by atoms with Gasteiger partial charge in [0.15, 0.2) is 5.84 Å². The number of furan rings is 2. The lowest BCUT2D eigenvalue weighted by Gasteiger charge is -2.24. The summed E-state index contributed by atoms with van der Waals surface area (Å²) in [5, 5.41) is 10.2. The molecule has 0 saturated heterocycles. The van der Waals surface area contributed by atoms with Gasteiger partial charge >= 0.3 is 0 Å². The number of aliphatic imine (C=N–C) groups is 2. The number of nitrogens with zero attached hydrogens (tertiary/aromatic N) is 2. The zero-order valence-corrected chi connectivity index (χ0v) is 25.7. The van der Waals surface area contributed by atoms with Gasteiger partial charge in [-0.2, -0.15) is 0 Å². The largest absolute Gasteiger partial charge is 0.456 e. The summed E-state index contributed by atoms with van der Waals surface area (Å²) in [7, 11) is 0. The van der Waals surface area contributed by atoms with E-state index >= 15 is 0 Å². The average molecular weight is 618 g/mol. The molecule has 0 spiro atoms. The Kier molecular flexibility index (Phi) is 5.87. The first kappa shape index (κ1) is 26.7. The highest BCUT2D eigenvalue weighted by molar-refractivity contribution is 6.22. The van der Waals surface area contributed by atoms with Gasteiger partial charge in [0, 0.05) is 38.2 Å². The summed E-state index contributed by atoms with van der Waals surface area (Å²) < 4.78 is 13.1. The van der Waals surface area contributed by atoms with Gasteiger partial charge in [-0.3, -0.25) is 0 Å². The molecule has 1 aliphatic heterocycles. The molecule has 0 saturated carbocycles. The molecule has 48 heavy (non-hydrogen) atoms. The van der Waals surface area contributed by atoms with Gasteiger partial charge in [0.05, 0.1) is 0 Å². The van der Waals surface area contributed by atoms with Crippen molar-refractivity contribution in [1.82, 2.24) is 5.32 Å². The summed E-state index contributed by atoms with van der Waals surface area (Å²) in [5.74, 6) is 1.45. The molecule has 5 nitrogen and oxygen atoms in total. The van der Waals surface area contributed by atoms with Crippen LogP contribution in [0.15, 0.2) is 170 Å². The Balaban J connectivity index is 1.11. The maximum Gasteiger partial charge on any atom is 0.159 e. The van der Waals surface area contributed by atoms with E-state index < -0.39 is 0 Å². The fourth-order valence-electron chi connectivity index (χ4n) is 7.01. The molecule has 1 atom stereocenters. The number of hydrogen-bond donors (Lipinski definition) is 1. The Morgan fingerprint density at radius 1 is 0.500 bits per heavy atom. The van der Waals surface area contributed by atoms with Crippen LogP contribution >= 0.6 is 0 Å². The van der Waals surface area contributed by atoms with E-state index in [4.69, 9.17) is 18.8 Å². The predicted molar refractivity (Wildman–Crippen MR) is 196 cm³/mol. The van der Waals surface area contributed by atoms with E-state index in [1.165, 1.54) is 10.8 Å². The van der Waals surface area contributed by atoms with Crippen molar-refractivity contribution in [2.75, 3.05) is 0 Å². The molecule has 1 unspecified atom stereocenters. The van der Waals surface area contributed by atoms with E-state index in [-0.39, 0.29) is 6.17 Å². The van der Waals surface area contributed by atoms with Crippen LogP contribution in [0.3, 0.4) is 0 Å². The van der Waals surface area contributed by atoms with Crippen LogP contribution in [0.1, 0.15) is 22.9 Å². The second-order valence-corrected chi connectivity index (χ2v) is 12.2. The van der Waals surface area contributed by atoms with Crippen LogP contribution in [0, 0.1) is 0 Å². The van der Waals surface area contributed by atoms with Crippen molar-refractivity contribution in [3.63, 3.8) is 0 Å². The maximum absolute atomic E-state index is 6.55. The van der Waals surface area contributed by atoms with Gasteiger partial charge in [0.2, 0.25) is 0 Å². The highest BCUT2D eigenvalue weighted by atomic mass is 16.3. The molecule has 226 valence electrons. The molecule has 0 radical (unpaired) electrons. The fourth-order valence-corrected chi connectivity index (χ4v) is 7.01. The molecule has 2 aromatic heterocycles. The minimum atomic E-state index is -0.282. The zero-order chi connectivity index (χ0) is 31.6. The highest BCUT2D eigenvalue weighted by Crippen LogP contribution is 2.40. The normalized spacial score (nSPS) is 14.9. The molecule has 0 fully saturated rings. The molecule has 9 aromatic rings. The number of nitrogens with one attached hydrogen (secondary N) is 1. The Bertz CT molecular complexity index is 2760. The summed E-state index contributed by atoms with van der Waals surface area (Å²) in [6, 6.07) is 52.1. The van der Waals surface area contributed by atoms with Gasteiger partial charge in [-0.05, 0) is 52.2 Å². The van der Waals surface area contributed by atoms with Crippen molar-refractivity contribution in [3.05, 3.63) is 168 Å². The predicted octanol–water partition coefficient (Wildman–Crippen LogP) is 10.8. The molecular weight excluding hydrogens is 590 g/mol. The summed E-state index contributed by atoms with van der Waals surface area (Å²) in [6.45, 7) is 0. The van der Waals surface area contributed by atoms with Gasteiger partial charge in [-0.25, -0.2) is 9.98 Å². The first-order valence-corrected chi connectivity index (χ1v) is 16.1. The van der Waals surface area contributed by atoms with Crippen molar-refractivity contribution >= 4 is 66.3 Å². The molecule has 0 aliphatic carbocycles. The number of para-hydroxylation sites is 1. The minimum absolute atomic E-state index is 0.282. The summed E-state index contributed by atoms with van der Waals surface area (Å²) >= 11 is 0. The molecule has 3 heterocycles. The van der Waals surface area contributed by atoms with E-state index in [2.05, 4.69) is 96.3 Å². The number of hydrogen-bond acceptors (Lipinski definition) is 5. The zero-order valence-electron chi connectivity index (χ0n) is 25.7. The van der Waals surface area contributed by atoms with Gasteiger partial charge in [-0.1, -0.05) is 121 Å². The monoisotopic (exact) mass is 617 g/mol. The standard InChI is InChI=1S/C43H27N3O2/c1-3-11-26(12-4-1)41-44-42(27-13-5-2-6-14-27)46-43(45-41)34-19-10-20-36-39(34)33-22-21-30(25-37(33)47-36)31-17-9-18-32-35-23-28-15-7-8-16-29(28)24-38(35)48-40(31)32/h1-25,41H,(H,44,45,46). The third-order valence-electron chi connectivity index (χ3n) is 9.32. The van der Waals surface area contributed by atoms with Crippen molar-refractivity contribution in [1.29, 1.82) is 0 Å². The third kappa shape index (κ3) is 4.25. The first-order valence-electron chi connectivity index (χ1n) is 16.1. The summed E-state index contributed by atoms with van der Waals surface area (Å²) in [4.78, 5) is 10.1. The van der Waals surface area contributed by atoms with Crippen molar-refractivity contribution in [2.45, 2.75) is 6.17 Å². The molecule has 0 bridgehead atoms. The molecule has 0 amide bonds. The van der Waals surface area contributed by atoms with Crippen molar-refractivity contribution in [2.24, 2.45) is 9.98 Å². The molecule has 1 aliphatic rings. The lowest BCUT2D eigenvalue weighted by Crippen LogP contribution is -2.33. The van der Waals surface area contributed by atoms with Crippen LogP contribution in [0.2, 0.25) is 0 Å². The second-order valence-electron chi connectivity index (χ2n) is 12.2. The number of benzene rings is 7. The Morgan fingerprint density at radius 2 is 1.23 bits per heavy atom. The molecule has 7 aromatic carbocycles. The van der Waals surface area contributed by atoms with E-state index in [9.17, 15) is 0 Å². The van der Waals surface area contributed by atoms with Crippen molar-refractivity contribution < 1.29 is 8.83 Å². The summed E-state index contributed by atoms with van der Waals surface area (Å²) in [6.07, 6.45) is -0.282. The maximum atomic E-state index is 6.55. The van der Waals surface area contributed by atoms with Crippen LogP contribution in [0.25, 0.3) is 65.8 Å². The van der Waals surface area contributed by atoms with Gasteiger partial charge in [-0.15, -0.1) is 0 Å². The smallest absolute Gasteiger partial charge is 0.159 e. The summed E-state index contributed by atoms with van der Waals surface area (Å²) in [5.41, 5.74) is 8.45. The van der Waals surface area contributed by atoms with E-state index in [1.807, 2.05) is 60.7 Å². The van der Waals surface area contributed by atoms with Gasteiger partial charge < -0.3 is 14.2 Å². The lowest BCUT2D eigenvalue weighted by molar-refractivity contribution is 0.667. The highest BCUT2D eigenvalue weighted by Gasteiger charge is 2.24. The molecule has 10 rings (SSSR count). The first-order chi connectivity index (χ1) is 23.8. The Morgan fingerprint density at radius 3 is 2.08 bits per heavy atom. The SMILES string of the molecule is c1ccc(C2=NC(c3ccccc3)NC(c3cccc4oc5cc(-c6cccc7c6oc6cc8ccccc8cc67)ccc5c34)=N2)cc1. The molecule has 1 N–H and O–H groups in total. The minimum Gasteiger partial charge on any atom is -0.456 e. The Labute approximate surface area is 275 Å². The van der Waals surface area contributed by atoms with Crippen LogP contribution in [0.5, 0.6) is 0 Å². The third-order valence-corrected chi connectivity index (χ3v) is 9.32. The van der Waals surface area contributed by atoms with Crippen LogP contribution in [-0.2, 0) is 0 Å². The van der Waals surface area contributed by atoms with Gasteiger partial charge in [0.25, 0.3) is 0 Å². The quantitative estimate of drug-likeness (QED) is 0.214. The lowest BCUT2D eigenvalue weighted by atomic mass is 9.99. The fraction of sp³-hybridized carbons (Fsp3) is 0.0233. The van der Waals surface area contributed by atoms with Crippen LogP contribution in [0.4, 0.5) is 0 Å². The number of fused-ring (bicyclic) bond motifs is 7. The van der Waals surface area contributed by atoms with E-state index in [1.54, 1.807) is 0 Å². The van der Waals surface area contributed by atoms with Crippen molar-refractivity contribution in [3.8, 4) is 11.1 Å². The molecular formula is C43H27N3O2. The number of rotatable bonds is 4. The van der Waals surface area contributed by atoms with Crippen LogP contribution in [-0.4, -0.2) is 11.7 Å². The van der Waals surface area contributed by atoms with Gasteiger partial charge in [0.1, 0.15) is 34.3 Å².